The molecular formula is C10H13Cl2NOS. The minimum atomic E-state index is 0.574. The Labute approximate surface area is 105 Å². The highest BCUT2D eigenvalue weighted by atomic mass is 35.5. The van der Waals surface area contributed by atoms with Crippen LogP contribution < -0.4 is 10.1 Å². The largest absolute Gasteiger partial charge is 0.495 e. The summed E-state index contributed by atoms with van der Waals surface area (Å²) in [5.74, 6) is 1.39. The molecule has 0 aliphatic rings. The molecular weight excluding hydrogens is 253 g/mol. The Morgan fingerprint density at radius 1 is 1.33 bits per heavy atom. The van der Waals surface area contributed by atoms with Crippen molar-refractivity contribution >= 4 is 35.8 Å². The molecule has 0 bridgehead atoms. The lowest BCUT2D eigenvalue weighted by atomic mass is 10.2. The quantitative estimate of drug-likeness (QED) is 0.631. The van der Waals surface area contributed by atoms with E-state index in [0.29, 0.717) is 22.3 Å². The number of nitrogens with one attached hydrogen (secondary N) is 1. The third kappa shape index (κ3) is 3.76. The van der Waals surface area contributed by atoms with Crippen molar-refractivity contribution in [3.05, 3.63) is 27.7 Å². The first-order chi connectivity index (χ1) is 7.19. The Morgan fingerprint density at radius 2 is 2.07 bits per heavy atom. The molecule has 1 rings (SSSR count). The Hall–Kier alpha value is -0.0900. The number of benzene rings is 1. The van der Waals surface area contributed by atoms with E-state index in [1.54, 1.807) is 13.2 Å². The van der Waals surface area contributed by atoms with E-state index >= 15 is 0 Å². The highest BCUT2D eigenvalue weighted by molar-refractivity contribution is 7.80. The van der Waals surface area contributed by atoms with Gasteiger partial charge in [0.1, 0.15) is 5.75 Å². The molecule has 0 unspecified atom stereocenters. The molecule has 84 valence electrons. The third-order valence-electron chi connectivity index (χ3n) is 1.92. The van der Waals surface area contributed by atoms with Crippen molar-refractivity contribution in [1.29, 1.82) is 0 Å². The molecule has 0 saturated heterocycles. The summed E-state index contributed by atoms with van der Waals surface area (Å²) in [6.07, 6.45) is 0. The standard InChI is InChI=1S/C10H13Cl2NOS/c1-14-10-5-8(11)7(4-9(10)12)6-13-2-3-15/h4-5,13,15H,2-3,6H2,1H3. The summed E-state index contributed by atoms with van der Waals surface area (Å²) < 4.78 is 5.06. The van der Waals surface area contributed by atoms with E-state index in [9.17, 15) is 0 Å². The monoisotopic (exact) mass is 265 g/mol. The van der Waals surface area contributed by atoms with E-state index in [0.717, 1.165) is 17.9 Å². The van der Waals surface area contributed by atoms with Crippen molar-refractivity contribution in [2.45, 2.75) is 6.54 Å². The van der Waals surface area contributed by atoms with Crippen LogP contribution in [0, 0.1) is 0 Å². The highest BCUT2D eigenvalue weighted by Gasteiger charge is 2.06. The van der Waals surface area contributed by atoms with Gasteiger partial charge in [0.15, 0.2) is 0 Å². The second-order valence-electron chi connectivity index (χ2n) is 2.98. The van der Waals surface area contributed by atoms with Crippen molar-refractivity contribution < 1.29 is 4.74 Å². The van der Waals surface area contributed by atoms with Gasteiger partial charge in [-0.25, -0.2) is 0 Å². The van der Waals surface area contributed by atoms with E-state index in [2.05, 4.69) is 17.9 Å². The summed E-state index contributed by atoms with van der Waals surface area (Å²) in [6, 6.07) is 3.54. The van der Waals surface area contributed by atoms with Gasteiger partial charge < -0.3 is 10.1 Å². The fourth-order valence-corrected chi connectivity index (χ4v) is 1.81. The van der Waals surface area contributed by atoms with E-state index < -0.39 is 0 Å². The van der Waals surface area contributed by atoms with Gasteiger partial charge in [-0.15, -0.1) is 0 Å². The highest BCUT2D eigenvalue weighted by Crippen LogP contribution is 2.30. The van der Waals surface area contributed by atoms with Crippen LogP contribution in [-0.4, -0.2) is 19.4 Å². The molecule has 0 amide bonds. The predicted molar refractivity (Wildman–Crippen MR) is 68.6 cm³/mol. The maximum atomic E-state index is 6.06. The Balaban J connectivity index is 2.76. The minimum Gasteiger partial charge on any atom is -0.495 e. The lowest BCUT2D eigenvalue weighted by molar-refractivity contribution is 0.415. The van der Waals surface area contributed by atoms with Crippen LogP contribution in [0.1, 0.15) is 5.56 Å². The number of hydrogen-bond donors (Lipinski definition) is 2. The van der Waals surface area contributed by atoms with Crippen LogP contribution in [0.5, 0.6) is 5.75 Å². The Bertz CT molecular complexity index is 333. The molecule has 1 N–H and O–H groups in total. The molecule has 15 heavy (non-hydrogen) atoms. The molecule has 0 aromatic heterocycles. The molecule has 0 radical (unpaired) electrons. The average molecular weight is 266 g/mol. The maximum absolute atomic E-state index is 6.06. The topological polar surface area (TPSA) is 21.3 Å². The van der Waals surface area contributed by atoms with Gasteiger partial charge in [-0.3, -0.25) is 0 Å². The first kappa shape index (κ1) is 13.0. The second-order valence-corrected chi connectivity index (χ2v) is 4.24. The molecule has 0 atom stereocenters. The van der Waals surface area contributed by atoms with Gasteiger partial charge in [-0.2, -0.15) is 12.6 Å². The molecule has 5 heteroatoms. The van der Waals surface area contributed by atoms with Crippen LogP contribution in [0.4, 0.5) is 0 Å². The van der Waals surface area contributed by atoms with E-state index in [1.807, 2.05) is 6.07 Å². The number of methoxy groups -OCH3 is 1. The van der Waals surface area contributed by atoms with Gasteiger partial charge in [-0.1, -0.05) is 23.2 Å². The van der Waals surface area contributed by atoms with E-state index in [4.69, 9.17) is 27.9 Å². The smallest absolute Gasteiger partial charge is 0.138 e. The van der Waals surface area contributed by atoms with Crippen molar-refractivity contribution in [1.82, 2.24) is 5.32 Å². The lowest BCUT2D eigenvalue weighted by Gasteiger charge is -2.09. The van der Waals surface area contributed by atoms with Gasteiger partial charge in [0, 0.05) is 29.9 Å². The number of rotatable bonds is 5. The zero-order valence-corrected chi connectivity index (χ0v) is 10.8. The first-order valence-electron chi connectivity index (χ1n) is 4.52. The fraction of sp³-hybridized carbons (Fsp3) is 0.400. The molecule has 0 aliphatic carbocycles. The summed E-state index contributed by atoms with van der Waals surface area (Å²) in [5.41, 5.74) is 0.962. The molecule has 2 nitrogen and oxygen atoms in total. The maximum Gasteiger partial charge on any atom is 0.138 e. The number of ether oxygens (including phenoxy) is 1. The van der Waals surface area contributed by atoms with Crippen molar-refractivity contribution in [3.63, 3.8) is 0 Å². The van der Waals surface area contributed by atoms with Crippen LogP contribution in [-0.2, 0) is 6.54 Å². The van der Waals surface area contributed by atoms with Gasteiger partial charge in [0.25, 0.3) is 0 Å². The predicted octanol–water partition coefficient (Wildman–Crippen LogP) is 3.02. The summed E-state index contributed by atoms with van der Waals surface area (Å²) in [6.45, 7) is 1.52. The normalized spacial score (nSPS) is 10.4. The number of halogens is 2. The van der Waals surface area contributed by atoms with E-state index in [1.165, 1.54) is 0 Å². The zero-order valence-electron chi connectivity index (χ0n) is 8.39. The Morgan fingerprint density at radius 3 is 2.67 bits per heavy atom. The Kier molecular flexibility index (Phi) is 5.61. The van der Waals surface area contributed by atoms with Gasteiger partial charge >= 0.3 is 0 Å². The molecule has 0 heterocycles. The van der Waals surface area contributed by atoms with E-state index in [-0.39, 0.29) is 0 Å². The zero-order chi connectivity index (χ0) is 11.3. The van der Waals surface area contributed by atoms with Crippen LogP contribution in [0.25, 0.3) is 0 Å². The summed E-state index contributed by atoms with van der Waals surface area (Å²) in [4.78, 5) is 0. The summed E-state index contributed by atoms with van der Waals surface area (Å²) >= 11 is 16.2. The van der Waals surface area contributed by atoms with Crippen LogP contribution in [0.15, 0.2) is 12.1 Å². The first-order valence-corrected chi connectivity index (χ1v) is 5.91. The molecule has 0 fully saturated rings. The summed E-state index contributed by atoms with van der Waals surface area (Å²) in [7, 11) is 1.57. The van der Waals surface area contributed by atoms with Gasteiger partial charge in [0.05, 0.1) is 12.1 Å². The van der Waals surface area contributed by atoms with Crippen molar-refractivity contribution in [3.8, 4) is 5.75 Å². The number of thiol groups is 1. The lowest BCUT2D eigenvalue weighted by Crippen LogP contribution is -2.15. The average Bonchev–Trinajstić information content (AvgIpc) is 2.23. The summed E-state index contributed by atoms with van der Waals surface area (Å²) in [5, 5.41) is 4.43. The molecule has 0 saturated carbocycles. The molecule has 0 aliphatic heterocycles. The number of hydrogen-bond acceptors (Lipinski definition) is 3. The molecule has 1 aromatic carbocycles. The second kappa shape index (κ2) is 6.48. The third-order valence-corrected chi connectivity index (χ3v) is 2.80. The molecule has 1 aromatic rings. The van der Waals surface area contributed by atoms with Gasteiger partial charge in [0.2, 0.25) is 0 Å². The fourth-order valence-electron chi connectivity index (χ4n) is 1.16. The van der Waals surface area contributed by atoms with Crippen LogP contribution in [0.3, 0.4) is 0 Å². The minimum absolute atomic E-state index is 0.574. The van der Waals surface area contributed by atoms with Crippen LogP contribution >= 0.6 is 35.8 Å². The van der Waals surface area contributed by atoms with Crippen molar-refractivity contribution in [2.75, 3.05) is 19.4 Å². The van der Waals surface area contributed by atoms with Crippen molar-refractivity contribution in [2.24, 2.45) is 0 Å². The molecule has 0 spiro atoms. The SMILES string of the molecule is COc1cc(Cl)c(CNCCS)cc1Cl. The van der Waals surface area contributed by atoms with Gasteiger partial charge in [-0.05, 0) is 11.6 Å². The van der Waals surface area contributed by atoms with Crippen LogP contribution in [0.2, 0.25) is 10.0 Å².